The monoisotopic (exact) mass is 405 g/mol. The maximum Gasteiger partial charge on any atom is 0.342 e. The molecule has 0 saturated heterocycles. The topological polar surface area (TPSA) is 104 Å². The van der Waals surface area contributed by atoms with E-state index in [4.69, 9.17) is 18.6 Å². The van der Waals surface area contributed by atoms with Crippen molar-refractivity contribution in [1.29, 1.82) is 0 Å². The molecule has 0 radical (unpaired) electrons. The van der Waals surface area contributed by atoms with Gasteiger partial charge in [-0.2, -0.15) is 0 Å². The quantitative estimate of drug-likeness (QED) is 0.627. The van der Waals surface area contributed by atoms with Crippen LogP contribution in [0.25, 0.3) is 11.0 Å². The van der Waals surface area contributed by atoms with Crippen molar-refractivity contribution in [2.75, 3.05) is 26.1 Å². The predicted octanol–water partition coefficient (Wildman–Crippen LogP) is 3.35. The number of hydrogen-bond acceptors (Lipinski definition) is 7. The number of aryl methyl sites for hydroxylation is 1. The van der Waals surface area contributed by atoms with E-state index in [2.05, 4.69) is 4.72 Å². The third-order valence-corrected chi connectivity index (χ3v) is 5.57. The lowest BCUT2D eigenvalue weighted by Crippen LogP contribution is -2.14. The standard InChI is InChI=1S/C19H19NO7S/c1-11-18(19(21)26-4)14-9-12(5-7-15(14)27-11)20-28(22,23)17-10-13(24-2)6-8-16(17)25-3/h5-10,20H,1-4H3. The number of hydrogen-bond donors (Lipinski definition) is 1. The van der Waals surface area contributed by atoms with E-state index in [1.807, 2.05) is 0 Å². The zero-order valence-electron chi connectivity index (χ0n) is 15.7. The summed E-state index contributed by atoms with van der Waals surface area (Å²) >= 11 is 0. The minimum absolute atomic E-state index is 0.0778. The van der Waals surface area contributed by atoms with Crippen molar-refractivity contribution in [2.24, 2.45) is 0 Å². The molecule has 0 aliphatic rings. The minimum atomic E-state index is -3.99. The fourth-order valence-electron chi connectivity index (χ4n) is 2.84. The zero-order chi connectivity index (χ0) is 20.5. The van der Waals surface area contributed by atoms with Crippen LogP contribution in [-0.4, -0.2) is 35.7 Å². The molecule has 0 saturated carbocycles. The van der Waals surface area contributed by atoms with E-state index in [1.165, 1.54) is 45.6 Å². The molecule has 0 aliphatic heterocycles. The summed E-state index contributed by atoms with van der Waals surface area (Å²) in [6.45, 7) is 1.64. The van der Waals surface area contributed by atoms with E-state index >= 15 is 0 Å². The first kappa shape index (κ1) is 19.6. The zero-order valence-corrected chi connectivity index (χ0v) is 16.5. The number of rotatable bonds is 6. The second-order valence-corrected chi connectivity index (χ2v) is 7.51. The van der Waals surface area contributed by atoms with Crippen LogP contribution in [0.1, 0.15) is 16.1 Å². The number of fused-ring (bicyclic) bond motifs is 1. The Balaban J connectivity index is 2.06. The number of nitrogens with one attached hydrogen (secondary N) is 1. The van der Waals surface area contributed by atoms with Crippen LogP contribution in [0.15, 0.2) is 45.7 Å². The van der Waals surface area contributed by atoms with E-state index in [0.717, 1.165) is 0 Å². The first-order valence-electron chi connectivity index (χ1n) is 8.17. The molecule has 28 heavy (non-hydrogen) atoms. The Hall–Kier alpha value is -3.20. The largest absolute Gasteiger partial charge is 0.497 e. The highest BCUT2D eigenvalue weighted by Gasteiger charge is 2.23. The van der Waals surface area contributed by atoms with Crippen molar-refractivity contribution in [3.63, 3.8) is 0 Å². The van der Waals surface area contributed by atoms with Gasteiger partial charge in [0.25, 0.3) is 10.0 Å². The molecule has 3 rings (SSSR count). The smallest absolute Gasteiger partial charge is 0.342 e. The molecule has 8 nitrogen and oxygen atoms in total. The van der Waals surface area contributed by atoms with Gasteiger partial charge in [0.1, 0.15) is 33.3 Å². The van der Waals surface area contributed by atoms with Crippen LogP contribution < -0.4 is 14.2 Å². The molecule has 2 aromatic carbocycles. The molecule has 9 heteroatoms. The highest BCUT2D eigenvalue weighted by atomic mass is 32.2. The van der Waals surface area contributed by atoms with Crippen LogP contribution in [-0.2, 0) is 14.8 Å². The van der Waals surface area contributed by atoms with Crippen LogP contribution in [0, 0.1) is 6.92 Å². The summed E-state index contributed by atoms with van der Waals surface area (Å²) in [5.41, 5.74) is 0.945. The van der Waals surface area contributed by atoms with E-state index in [9.17, 15) is 13.2 Å². The van der Waals surface area contributed by atoms with Crippen LogP contribution in [0.3, 0.4) is 0 Å². The van der Waals surface area contributed by atoms with Crippen molar-refractivity contribution in [3.8, 4) is 11.5 Å². The number of anilines is 1. The normalized spacial score (nSPS) is 11.3. The maximum absolute atomic E-state index is 12.9. The van der Waals surface area contributed by atoms with Crippen LogP contribution in [0.4, 0.5) is 5.69 Å². The third kappa shape index (κ3) is 3.48. The van der Waals surface area contributed by atoms with Crippen LogP contribution in [0.2, 0.25) is 0 Å². The fourth-order valence-corrected chi connectivity index (χ4v) is 4.08. The van der Waals surface area contributed by atoms with Crippen molar-refractivity contribution in [3.05, 3.63) is 47.7 Å². The van der Waals surface area contributed by atoms with Gasteiger partial charge in [-0.15, -0.1) is 0 Å². The molecular formula is C19H19NO7S. The Kier molecular flexibility index (Phi) is 5.19. The molecule has 0 spiro atoms. The van der Waals surface area contributed by atoms with Gasteiger partial charge in [-0.25, -0.2) is 13.2 Å². The molecule has 0 unspecified atom stereocenters. The van der Waals surface area contributed by atoms with Gasteiger partial charge in [-0.05, 0) is 37.3 Å². The number of methoxy groups -OCH3 is 3. The summed E-state index contributed by atoms with van der Waals surface area (Å²) in [5, 5.41) is 0.446. The summed E-state index contributed by atoms with van der Waals surface area (Å²) in [5.74, 6) is 0.362. The number of esters is 1. The van der Waals surface area contributed by atoms with E-state index in [0.29, 0.717) is 22.5 Å². The Labute approximate surface area is 162 Å². The minimum Gasteiger partial charge on any atom is -0.497 e. The first-order valence-corrected chi connectivity index (χ1v) is 9.65. The Morgan fingerprint density at radius 2 is 1.79 bits per heavy atom. The van der Waals surface area contributed by atoms with Gasteiger partial charge in [0.15, 0.2) is 0 Å². The lowest BCUT2D eigenvalue weighted by atomic mass is 10.1. The summed E-state index contributed by atoms with van der Waals surface area (Å²) < 4.78 is 48.9. The second-order valence-electron chi connectivity index (χ2n) is 5.86. The Morgan fingerprint density at radius 1 is 1.04 bits per heavy atom. The number of sulfonamides is 1. The van der Waals surface area contributed by atoms with E-state index in [1.54, 1.807) is 19.1 Å². The second kappa shape index (κ2) is 7.43. The highest BCUT2D eigenvalue weighted by molar-refractivity contribution is 7.92. The summed E-state index contributed by atoms with van der Waals surface area (Å²) in [6, 6.07) is 9.10. The summed E-state index contributed by atoms with van der Waals surface area (Å²) in [7, 11) is 0.0935. The number of furan rings is 1. The van der Waals surface area contributed by atoms with Crippen LogP contribution >= 0.6 is 0 Å². The number of benzene rings is 2. The molecule has 0 atom stereocenters. The molecule has 0 amide bonds. The van der Waals surface area contributed by atoms with Crippen molar-refractivity contribution in [2.45, 2.75) is 11.8 Å². The molecular weight excluding hydrogens is 386 g/mol. The average molecular weight is 405 g/mol. The molecule has 0 bridgehead atoms. The van der Waals surface area contributed by atoms with Gasteiger partial charge in [0.2, 0.25) is 0 Å². The molecule has 1 aromatic heterocycles. The Bertz CT molecular complexity index is 1150. The van der Waals surface area contributed by atoms with E-state index < -0.39 is 16.0 Å². The van der Waals surface area contributed by atoms with Gasteiger partial charge in [0, 0.05) is 17.1 Å². The lowest BCUT2D eigenvalue weighted by molar-refractivity contribution is 0.0600. The molecule has 0 fully saturated rings. The number of carbonyl (C=O) groups excluding carboxylic acids is 1. The Morgan fingerprint density at radius 3 is 2.43 bits per heavy atom. The molecule has 1 N–H and O–H groups in total. The highest BCUT2D eigenvalue weighted by Crippen LogP contribution is 2.32. The number of carbonyl (C=O) groups is 1. The predicted molar refractivity (Wildman–Crippen MR) is 103 cm³/mol. The molecule has 0 aliphatic carbocycles. The third-order valence-electron chi connectivity index (χ3n) is 4.17. The molecule has 1 heterocycles. The van der Waals surface area contributed by atoms with Gasteiger partial charge < -0.3 is 18.6 Å². The van der Waals surface area contributed by atoms with Crippen molar-refractivity contribution < 1.29 is 31.8 Å². The van der Waals surface area contributed by atoms with Gasteiger partial charge >= 0.3 is 5.97 Å². The van der Waals surface area contributed by atoms with Crippen LogP contribution in [0.5, 0.6) is 11.5 Å². The van der Waals surface area contributed by atoms with Gasteiger partial charge in [0.05, 0.1) is 21.3 Å². The number of ether oxygens (including phenoxy) is 3. The summed E-state index contributed by atoms with van der Waals surface area (Å²) in [4.78, 5) is 12.0. The van der Waals surface area contributed by atoms with E-state index in [-0.39, 0.29) is 21.9 Å². The summed E-state index contributed by atoms with van der Waals surface area (Å²) in [6.07, 6.45) is 0. The van der Waals surface area contributed by atoms with Crippen molar-refractivity contribution in [1.82, 2.24) is 0 Å². The molecule has 148 valence electrons. The van der Waals surface area contributed by atoms with Gasteiger partial charge in [-0.3, -0.25) is 4.72 Å². The fraction of sp³-hybridized carbons (Fsp3) is 0.211. The lowest BCUT2D eigenvalue weighted by Gasteiger charge is -2.13. The van der Waals surface area contributed by atoms with Gasteiger partial charge in [-0.1, -0.05) is 0 Å². The average Bonchev–Trinajstić information content (AvgIpc) is 3.01. The van der Waals surface area contributed by atoms with Crippen molar-refractivity contribution >= 4 is 32.6 Å². The first-order chi connectivity index (χ1) is 13.3. The SMILES string of the molecule is COC(=O)c1c(C)oc2ccc(NS(=O)(=O)c3cc(OC)ccc3OC)cc12. The maximum atomic E-state index is 12.9. The molecule has 3 aromatic rings.